The van der Waals surface area contributed by atoms with Gasteiger partial charge in [-0.15, -0.1) is 0 Å². The Hall–Kier alpha value is -2.64. The van der Waals surface area contributed by atoms with Crippen molar-refractivity contribution < 1.29 is 13.2 Å². The summed E-state index contributed by atoms with van der Waals surface area (Å²) in [6.45, 7) is 4.16. The molecule has 1 aliphatic rings. The highest BCUT2D eigenvalue weighted by atomic mass is 32.2. The maximum absolute atomic E-state index is 13.0. The van der Waals surface area contributed by atoms with Crippen LogP contribution in [-0.4, -0.2) is 42.8 Å². The number of nitrogens with zero attached hydrogens (tertiary/aromatic N) is 2. The number of nitrogens with one attached hydrogen (secondary N) is 1. The van der Waals surface area contributed by atoms with Crippen LogP contribution in [-0.2, 0) is 27.8 Å². The van der Waals surface area contributed by atoms with E-state index in [-0.39, 0.29) is 12.5 Å². The third kappa shape index (κ3) is 5.22. The molecule has 6 nitrogen and oxygen atoms in total. The number of benzene rings is 2. The third-order valence-electron chi connectivity index (χ3n) is 6.24. The molecule has 1 aliphatic heterocycles. The van der Waals surface area contributed by atoms with E-state index in [0.717, 1.165) is 36.6 Å². The van der Waals surface area contributed by atoms with Gasteiger partial charge in [0.25, 0.3) is 0 Å². The van der Waals surface area contributed by atoms with Gasteiger partial charge >= 0.3 is 0 Å². The molecule has 1 aromatic heterocycles. The Balaban J connectivity index is 1.36. The number of carbonyl (C=O) groups excluding carboxylic acids is 1. The number of hydrogen-bond acceptors (Lipinski definition) is 3. The SMILES string of the molecule is CC1CCN(S(=O)(=O)c2ccc3c(ccn3CC(=O)NCCCc3ccccc3)c2)CC1. The van der Waals surface area contributed by atoms with E-state index in [1.54, 1.807) is 22.5 Å². The zero-order chi connectivity index (χ0) is 22.6. The van der Waals surface area contributed by atoms with E-state index in [1.807, 2.05) is 35.0 Å². The van der Waals surface area contributed by atoms with Gasteiger partial charge in [-0.3, -0.25) is 4.79 Å². The molecule has 170 valence electrons. The van der Waals surface area contributed by atoms with Gasteiger partial charge in [-0.2, -0.15) is 4.31 Å². The minimum atomic E-state index is -3.48. The first-order valence-electron chi connectivity index (χ1n) is 11.3. The molecule has 4 rings (SSSR count). The van der Waals surface area contributed by atoms with Crippen molar-refractivity contribution in [2.75, 3.05) is 19.6 Å². The molecule has 0 radical (unpaired) electrons. The fraction of sp³-hybridized carbons (Fsp3) is 0.400. The molecule has 1 N–H and O–H groups in total. The quantitative estimate of drug-likeness (QED) is 0.527. The molecular formula is C25H31N3O3S. The minimum Gasteiger partial charge on any atom is -0.355 e. The first kappa shape index (κ1) is 22.6. The van der Waals surface area contributed by atoms with Gasteiger partial charge in [0.1, 0.15) is 6.54 Å². The van der Waals surface area contributed by atoms with Crippen molar-refractivity contribution in [2.45, 2.75) is 44.0 Å². The summed E-state index contributed by atoms with van der Waals surface area (Å²) in [5, 5.41) is 3.80. The summed E-state index contributed by atoms with van der Waals surface area (Å²) in [5.41, 5.74) is 2.12. The maximum atomic E-state index is 13.0. The summed E-state index contributed by atoms with van der Waals surface area (Å²) < 4.78 is 29.5. The highest BCUT2D eigenvalue weighted by Crippen LogP contribution is 2.26. The minimum absolute atomic E-state index is 0.0466. The van der Waals surface area contributed by atoms with Gasteiger partial charge in [0.05, 0.1) is 4.90 Å². The average Bonchev–Trinajstić information content (AvgIpc) is 3.20. The number of carbonyl (C=O) groups is 1. The molecule has 32 heavy (non-hydrogen) atoms. The van der Waals surface area contributed by atoms with Gasteiger partial charge < -0.3 is 9.88 Å². The standard InChI is InChI=1S/C25H31N3O3S/c1-20-11-16-28(17-12-20)32(30,31)23-9-10-24-22(18-23)13-15-27(24)19-25(29)26-14-5-8-21-6-3-2-4-7-21/h2-4,6-7,9-10,13,15,18,20H,5,8,11-12,14,16-17,19H2,1H3,(H,26,29). The lowest BCUT2D eigenvalue weighted by Gasteiger charge is -2.29. The van der Waals surface area contributed by atoms with Crippen molar-refractivity contribution in [3.63, 3.8) is 0 Å². The van der Waals surface area contributed by atoms with Crippen LogP contribution in [0.25, 0.3) is 10.9 Å². The number of aryl methyl sites for hydroxylation is 1. The number of piperidine rings is 1. The number of rotatable bonds is 8. The van der Waals surface area contributed by atoms with E-state index >= 15 is 0 Å². The molecule has 0 unspecified atom stereocenters. The maximum Gasteiger partial charge on any atom is 0.243 e. The van der Waals surface area contributed by atoms with Crippen LogP contribution in [0.5, 0.6) is 0 Å². The van der Waals surface area contributed by atoms with E-state index < -0.39 is 10.0 Å². The van der Waals surface area contributed by atoms with Crippen LogP contribution in [0.15, 0.2) is 65.7 Å². The van der Waals surface area contributed by atoms with Crippen LogP contribution in [0.4, 0.5) is 0 Å². The molecule has 0 saturated carbocycles. The molecule has 0 spiro atoms. The second kappa shape index (κ2) is 9.88. The van der Waals surface area contributed by atoms with Gasteiger partial charge in [0, 0.05) is 36.7 Å². The van der Waals surface area contributed by atoms with Crippen LogP contribution in [0.2, 0.25) is 0 Å². The van der Waals surface area contributed by atoms with Crippen LogP contribution in [0.1, 0.15) is 31.7 Å². The zero-order valence-corrected chi connectivity index (χ0v) is 19.4. The van der Waals surface area contributed by atoms with Crippen molar-refractivity contribution in [1.29, 1.82) is 0 Å². The van der Waals surface area contributed by atoms with Crippen molar-refractivity contribution in [2.24, 2.45) is 5.92 Å². The molecule has 3 aromatic rings. The van der Waals surface area contributed by atoms with Gasteiger partial charge in [0.2, 0.25) is 15.9 Å². The second-order valence-electron chi connectivity index (χ2n) is 8.69. The summed E-state index contributed by atoms with van der Waals surface area (Å²) in [6.07, 6.45) is 5.46. The molecule has 7 heteroatoms. The van der Waals surface area contributed by atoms with Gasteiger partial charge in [-0.05, 0) is 61.4 Å². The first-order valence-corrected chi connectivity index (χ1v) is 12.8. The van der Waals surface area contributed by atoms with E-state index in [4.69, 9.17) is 0 Å². The first-order chi connectivity index (χ1) is 15.4. The van der Waals surface area contributed by atoms with Crippen molar-refractivity contribution in [1.82, 2.24) is 14.2 Å². The van der Waals surface area contributed by atoms with Crippen LogP contribution < -0.4 is 5.32 Å². The molecule has 2 heterocycles. The Bertz CT molecular complexity index is 1160. The van der Waals surface area contributed by atoms with Crippen LogP contribution in [0.3, 0.4) is 0 Å². The zero-order valence-electron chi connectivity index (χ0n) is 18.5. The predicted molar refractivity (Wildman–Crippen MR) is 127 cm³/mol. The number of aromatic nitrogens is 1. The number of amides is 1. The Morgan fingerprint density at radius 3 is 2.56 bits per heavy atom. The monoisotopic (exact) mass is 453 g/mol. The highest BCUT2D eigenvalue weighted by molar-refractivity contribution is 7.89. The summed E-state index contributed by atoms with van der Waals surface area (Å²) >= 11 is 0. The average molecular weight is 454 g/mol. The highest BCUT2D eigenvalue weighted by Gasteiger charge is 2.28. The fourth-order valence-corrected chi connectivity index (χ4v) is 5.73. The third-order valence-corrected chi connectivity index (χ3v) is 8.14. The largest absolute Gasteiger partial charge is 0.355 e. The van der Waals surface area contributed by atoms with Gasteiger partial charge in [-0.25, -0.2) is 8.42 Å². The lowest BCUT2D eigenvalue weighted by molar-refractivity contribution is -0.121. The van der Waals surface area contributed by atoms with E-state index in [0.29, 0.717) is 30.4 Å². The van der Waals surface area contributed by atoms with Crippen molar-refractivity contribution in [3.8, 4) is 0 Å². The lowest BCUT2D eigenvalue weighted by atomic mass is 10.0. The summed E-state index contributed by atoms with van der Waals surface area (Å²) in [6, 6.07) is 17.3. The molecule has 0 bridgehead atoms. The Morgan fingerprint density at radius 2 is 1.81 bits per heavy atom. The molecule has 0 aliphatic carbocycles. The van der Waals surface area contributed by atoms with Gasteiger partial charge in [-0.1, -0.05) is 37.3 Å². The second-order valence-corrected chi connectivity index (χ2v) is 10.6. The topological polar surface area (TPSA) is 71.4 Å². The Morgan fingerprint density at radius 1 is 1.06 bits per heavy atom. The van der Waals surface area contributed by atoms with Crippen LogP contribution >= 0.6 is 0 Å². The summed E-state index contributed by atoms with van der Waals surface area (Å²) in [7, 11) is -3.48. The molecule has 1 saturated heterocycles. The fourth-order valence-electron chi connectivity index (χ4n) is 4.23. The molecule has 2 aromatic carbocycles. The summed E-state index contributed by atoms with van der Waals surface area (Å²) in [4.78, 5) is 12.7. The van der Waals surface area contributed by atoms with Crippen molar-refractivity contribution in [3.05, 3.63) is 66.4 Å². The predicted octanol–water partition coefficient (Wildman–Crippen LogP) is 3.81. The number of sulfonamides is 1. The number of fused-ring (bicyclic) bond motifs is 1. The van der Waals surface area contributed by atoms with Crippen molar-refractivity contribution >= 4 is 26.8 Å². The number of hydrogen-bond donors (Lipinski definition) is 1. The van der Waals surface area contributed by atoms with E-state index in [9.17, 15) is 13.2 Å². The lowest BCUT2D eigenvalue weighted by Crippen LogP contribution is -2.37. The van der Waals surface area contributed by atoms with E-state index in [1.165, 1.54) is 5.56 Å². The normalized spacial score (nSPS) is 15.8. The molecule has 1 fully saturated rings. The molecular weight excluding hydrogens is 422 g/mol. The Kier molecular flexibility index (Phi) is 6.96. The molecule has 0 atom stereocenters. The smallest absolute Gasteiger partial charge is 0.243 e. The van der Waals surface area contributed by atoms with E-state index in [2.05, 4.69) is 24.4 Å². The molecule has 1 amide bonds. The van der Waals surface area contributed by atoms with Crippen LogP contribution in [0, 0.1) is 5.92 Å². The van der Waals surface area contributed by atoms with Gasteiger partial charge in [0.15, 0.2) is 0 Å². The Labute approximate surface area is 190 Å². The summed E-state index contributed by atoms with van der Waals surface area (Å²) in [5.74, 6) is 0.525.